The summed E-state index contributed by atoms with van der Waals surface area (Å²) in [6, 6.07) is 16.3. The molecular weight excluding hydrogens is 294 g/mol. The molecule has 0 radical (unpaired) electrons. The van der Waals surface area contributed by atoms with Gasteiger partial charge in [-0.25, -0.2) is 4.98 Å². The van der Waals surface area contributed by atoms with Crippen molar-refractivity contribution in [3.05, 3.63) is 70.5 Å². The van der Waals surface area contributed by atoms with Crippen LogP contribution in [0.5, 0.6) is 0 Å². The summed E-state index contributed by atoms with van der Waals surface area (Å²) in [6.07, 6.45) is 0.589. The molecule has 0 saturated carbocycles. The summed E-state index contributed by atoms with van der Waals surface area (Å²) in [4.78, 5) is 15.0. The summed E-state index contributed by atoms with van der Waals surface area (Å²) in [6.45, 7) is 0.522. The molecule has 0 bridgehead atoms. The molecule has 3 aromatic rings. The van der Waals surface area contributed by atoms with Crippen molar-refractivity contribution in [1.29, 1.82) is 0 Å². The van der Waals surface area contributed by atoms with Crippen LogP contribution in [0.25, 0.3) is 11.4 Å². The second kappa shape index (κ2) is 6.69. The lowest BCUT2D eigenvalue weighted by atomic mass is 10.2. The lowest BCUT2D eigenvalue weighted by Gasteiger charge is -2.05. The van der Waals surface area contributed by atoms with Crippen molar-refractivity contribution >= 4 is 11.4 Å². The minimum absolute atomic E-state index is 0.0649. The molecule has 0 fully saturated rings. The molecule has 1 aromatic heterocycles. The third-order valence-electron chi connectivity index (χ3n) is 3.34. The fourth-order valence-corrected chi connectivity index (χ4v) is 2.22. The van der Waals surface area contributed by atoms with Crippen LogP contribution >= 0.6 is 0 Å². The maximum atomic E-state index is 11.0. The van der Waals surface area contributed by atoms with E-state index in [2.05, 4.69) is 20.5 Å². The molecule has 116 valence electrons. The second-order valence-corrected chi connectivity index (χ2v) is 4.92. The van der Waals surface area contributed by atoms with Crippen molar-refractivity contribution in [2.24, 2.45) is 0 Å². The van der Waals surface area contributed by atoms with E-state index in [4.69, 9.17) is 0 Å². The maximum absolute atomic E-state index is 11.0. The van der Waals surface area contributed by atoms with E-state index in [0.717, 1.165) is 11.4 Å². The van der Waals surface area contributed by atoms with Gasteiger partial charge in [-0.1, -0.05) is 42.5 Å². The number of nitrogens with one attached hydrogen (secondary N) is 2. The van der Waals surface area contributed by atoms with E-state index in [1.54, 1.807) is 18.2 Å². The molecule has 2 N–H and O–H groups in total. The van der Waals surface area contributed by atoms with Gasteiger partial charge in [0.15, 0.2) is 5.82 Å². The largest absolute Gasteiger partial charge is 0.379 e. The Kier molecular flexibility index (Phi) is 4.28. The first-order chi connectivity index (χ1) is 11.2. The Hall–Kier alpha value is -3.22. The first kappa shape index (κ1) is 14.7. The van der Waals surface area contributed by atoms with Crippen LogP contribution < -0.4 is 5.32 Å². The molecule has 0 atom stereocenters. The van der Waals surface area contributed by atoms with Crippen molar-refractivity contribution in [2.75, 3.05) is 11.9 Å². The molecule has 0 aliphatic carbocycles. The van der Waals surface area contributed by atoms with Gasteiger partial charge in [-0.3, -0.25) is 15.2 Å². The molecular formula is C16H15N5O2. The van der Waals surface area contributed by atoms with Gasteiger partial charge < -0.3 is 5.32 Å². The highest BCUT2D eigenvalue weighted by atomic mass is 16.6. The van der Waals surface area contributed by atoms with Crippen LogP contribution in [0.4, 0.5) is 11.4 Å². The molecule has 0 unspecified atom stereocenters. The van der Waals surface area contributed by atoms with E-state index in [1.807, 2.05) is 30.3 Å². The molecule has 0 spiro atoms. The molecule has 0 aliphatic rings. The predicted octanol–water partition coefficient (Wildman–Crippen LogP) is 3.03. The van der Waals surface area contributed by atoms with Gasteiger partial charge in [-0.05, 0) is 6.07 Å². The fourth-order valence-electron chi connectivity index (χ4n) is 2.22. The summed E-state index contributed by atoms with van der Waals surface area (Å²) in [5.41, 5.74) is 1.51. The maximum Gasteiger partial charge on any atom is 0.292 e. The predicted molar refractivity (Wildman–Crippen MR) is 87.1 cm³/mol. The summed E-state index contributed by atoms with van der Waals surface area (Å²) < 4.78 is 0. The molecule has 23 heavy (non-hydrogen) atoms. The number of aromatic nitrogens is 3. The monoisotopic (exact) mass is 309 g/mol. The highest BCUT2D eigenvalue weighted by molar-refractivity contribution is 5.61. The fraction of sp³-hybridized carbons (Fsp3) is 0.125. The van der Waals surface area contributed by atoms with Crippen molar-refractivity contribution < 1.29 is 4.92 Å². The van der Waals surface area contributed by atoms with Gasteiger partial charge in [-0.2, -0.15) is 5.10 Å². The van der Waals surface area contributed by atoms with E-state index in [1.165, 1.54) is 6.07 Å². The standard InChI is InChI=1S/C16H15N5O2/c22-21(23)14-9-5-4-8-13(14)17-11-10-15-18-16(20-19-15)12-6-2-1-3-7-12/h1-9,17H,10-11H2,(H,18,19,20). The lowest BCUT2D eigenvalue weighted by Crippen LogP contribution is -2.07. The number of anilines is 1. The smallest absolute Gasteiger partial charge is 0.292 e. The van der Waals surface area contributed by atoms with Crippen molar-refractivity contribution in [1.82, 2.24) is 15.2 Å². The second-order valence-electron chi connectivity index (χ2n) is 4.92. The van der Waals surface area contributed by atoms with Gasteiger partial charge in [0, 0.05) is 24.6 Å². The number of H-pyrrole nitrogens is 1. The van der Waals surface area contributed by atoms with E-state index < -0.39 is 4.92 Å². The average molecular weight is 309 g/mol. The topological polar surface area (TPSA) is 96.7 Å². The molecule has 7 heteroatoms. The first-order valence-electron chi connectivity index (χ1n) is 7.18. The van der Waals surface area contributed by atoms with Gasteiger partial charge in [0.05, 0.1) is 4.92 Å². The minimum atomic E-state index is -0.399. The Bertz CT molecular complexity index is 801. The van der Waals surface area contributed by atoms with E-state index in [0.29, 0.717) is 24.5 Å². The number of nitrogens with zero attached hydrogens (tertiary/aromatic N) is 3. The Morgan fingerprint density at radius 2 is 1.83 bits per heavy atom. The summed E-state index contributed by atoms with van der Waals surface area (Å²) >= 11 is 0. The summed E-state index contributed by atoms with van der Waals surface area (Å²) in [5, 5.41) is 21.1. The van der Waals surface area contributed by atoms with Crippen LogP contribution in [-0.2, 0) is 6.42 Å². The highest BCUT2D eigenvalue weighted by Gasteiger charge is 2.12. The minimum Gasteiger partial charge on any atom is -0.379 e. The number of hydrogen-bond acceptors (Lipinski definition) is 5. The number of rotatable bonds is 6. The van der Waals surface area contributed by atoms with Gasteiger partial charge in [0.2, 0.25) is 0 Å². The lowest BCUT2D eigenvalue weighted by molar-refractivity contribution is -0.384. The Morgan fingerprint density at radius 3 is 2.61 bits per heavy atom. The van der Waals surface area contributed by atoms with Crippen LogP contribution in [0.15, 0.2) is 54.6 Å². The Morgan fingerprint density at radius 1 is 1.09 bits per heavy atom. The van der Waals surface area contributed by atoms with Crippen LogP contribution in [0.2, 0.25) is 0 Å². The highest BCUT2D eigenvalue weighted by Crippen LogP contribution is 2.23. The van der Waals surface area contributed by atoms with E-state index >= 15 is 0 Å². The number of aromatic amines is 1. The molecule has 0 saturated heterocycles. The van der Waals surface area contributed by atoms with Crippen molar-refractivity contribution in [3.8, 4) is 11.4 Å². The number of benzene rings is 2. The summed E-state index contributed by atoms with van der Waals surface area (Å²) in [7, 11) is 0. The molecule has 0 aliphatic heterocycles. The SMILES string of the molecule is O=[N+]([O-])c1ccccc1NCCc1nc(-c2ccccc2)n[nH]1. The van der Waals surface area contributed by atoms with E-state index in [9.17, 15) is 10.1 Å². The van der Waals surface area contributed by atoms with Crippen LogP contribution in [-0.4, -0.2) is 26.6 Å². The van der Waals surface area contributed by atoms with Crippen molar-refractivity contribution in [2.45, 2.75) is 6.42 Å². The zero-order valence-corrected chi connectivity index (χ0v) is 12.3. The van der Waals surface area contributed by atoms with Crippen LogP contribution in [0.3, 0.4) is 0 Å². The van der Waals surface area contributed by atoms with Crippen molar-refractivity contribution in [3.63, 3.8) is 0 Å². The number of hydrogen-bond donors (Lipinski definition) is 2. The van der Waals surface area contributed by atoms with Gasteiger partial charge in [-0.15, -0.1) is 0 Å². The van der Waals surface area contributed by atoms with Gasteiger partial charge in [0.25, 0.3) is 5.69 Å². The van der Waals surface area contributed by atoms with Gasteiger partial charge in [0.1, 0.15) is 11.5 Å². The zero-order chi connectivity index (χ0) is 16.1. The molecule has 2 aromatic carbocycles. The third-order valence-corrected chi connectivity index (χ3v) is 3.34. The van der Waals surface area contributed by atoms with Crippen LogP contribution in [0.1, 0.15) is 5.82 Å². The van der Waals surface area contributed by atoms with Crippen LogP contribution in [0, 0.1) is 10.1 Å². The molecule has 1 heterocycles. The first-order valence-corrected chi connectivity index (χ1v) is 7.18. The Balaban J connectivity index is 1.62. The van der Waals surface area contributed by atoms with Gasteiger partial charge >= 0.3 is 0 Å². The van der Waals surface area contributed by atoms with E-state index in [-0.39, 0.29) is 5.69 Å². The number of nitro benzene ring substituents is 1. The number of para-hydroxylation sites is 2. The average Bonchev–Trinajstić information content (AvgIpc) is 3.05. The molecule has 0 amide bonds. The summed E-state index contributed by atoms with van der Waals surface area (Å²) in [5.74, 6) is 1.38. The third kappa shape index (κ3) is 3.52. The molecule has 7 nitrogen and oxygen atoms in total. The normalized spacial score (nSPS) is 10.4. The quantitative estimate of drug-likeness (QED) is 0.539. The number of nitro groups is 1. The Labute approximate surface area is 132 Å². The zero-order valence-electron chi connectivity index (χ0n) is 12.3. The molecule has 3 rings (SSSR count).